The molecule has 18 heavy (non-hydrogen) atoms. The normalized spacial score (nSPS) is 14.3. The summed E-state index contributed by atoms with van der Waals surface area (Å²) >= 11 is 3.63. The molecule has 0 saturated carbocycles. The van der Waals surface area contributed by atoms with Crippen molar-refractivity contribution >= 4 is 15.9 Å². The van der Waals surface area contributed by atoms with E-state index in [-0.39, 0.29) is 0 Å². The molecule has 0 amide bonds. The summed E-state index contributed by atoms with van der Waals surface area (Å²) in [4.78, 5) is 0. The van der Waals surface area contributed by atoms with Crippen molar-refractivity contribution in [3.8, 4) is 5.75 Å². The molecular weight excluding hydrogens is 290 g/mol. The number of methoxy groups -OCH3 is 1. The fraction of sp³-hybridized carbons (Fsp3) is 0.600. The Morgan fingerprint density at radius 1 is 1.39 bits per heavy atom. The summed E-state index contributed by atoms with van der Waals surface area (Å²) in [5, 5.41) is 3.41. The molecule has 1 aromatic carbocycles. The molecule has 102 valence electrons. The molecule has 0 aromatic heterocycles. The summed E-state index contributed by atoms with van der Waals surface area (Å²) < 4.78 is 6.45. The van der Waals surface area contributed by atoms with Gasteiger partial charge in [0.25, 0.3) is 0 Å². The predicted octanol–water partition coefficient (Wildman–Crippen LogP) is 4.54. The lowest BCUT2D eigenvalue weighted by atomic mass is 9.93. The van der Waals surface area contributed by atoms with Crippen molar-refractivity contribution in [1.29, 1.82) is 0 Å². The van der Waals surface area contributed by atoms with Gasteiger partial charge < -0.3 is 10.1 Å². The molecule has 0 aliphatic carbocycles. The Morgan fingerprint density at radius 3 is 2.67 bits per heavy atom. The fourth-order valence-corrected chi connectivity index (χ4v) is 2.85. The molecule has 0 heterocycles. The third-order valence-corrected chi connectivity index (χ3v) is 4.07. The zero-order chi connectivity index (χ0) is 13.5. The first-order chi connectivity index (χ1) is 8.62. The standard InChI is InChI=1S/C15H24BrNO/c1-5-6-11(2)9-15(17-3)13-10-12(18-4)7-8-14(13)16/h7-8,10-11,15,17H,5-6,9H2,1-4H3. The average Bonchev–Trinajstić information content (AvgIpc) is 2.37. The molecule has 1 aromatic rings. The Balaban J connectivity index is 2.86. The summed E-state index contributed by atoms with van der Waals surface area (Å²) in [7, 11) is 3.73. The molecule has 0 saturated heterocycles. The lowest BCUT2D eigenvalue weighted by Crippen LogP contribution is -2.19. The highest BCUT2D eigenvalue weighted by Gasteiger charge is 2.16. The Hall–Kier alpha value is -0.540. The van der Waals surface area contributed by atoms with E-state index in [1.165, 1.54) is 18.4 Å². The summed E-state index contributed by atoms with van der Waals surface area (Å²) in [5.74, 6) is 1.64. The van der Waals surface area contributed by atoms with E-state index >= 15 is 0 Å². The van der Waals surface area contributed by atoms with Crippen LogP contribution in [0.3, 0.4) is 0 Å². The van der Waals surface area contributed by atoms with Gasteiger partial charge in [0.2, 0.25) is 0 Å². The maximum absolute atomic E-state index is 5.31. The van der Waals surface area contributed by atoms with Crippen molar-refractivity contribution in [2.45, 2.75) is 39.2 Å². The van der Waals surface area contributed by atoms with Crippen LogP contribution in [-0.2, 0) is 0 Å². The molecule has 0 aliphatic rings. The van der Waals surface area contributed by atoms with E-state index in [1.807, 2.05) is 13.1 Å². The van der Waals surface area contributed by atoms with Crippen LogP contribution >= 0.6 is 15.9 Å². The Bertz CT molecular complexity index is 368. The Labute approximate surface area is 119 Å². The van der Waals surface area contributed by atoms with Gasteiger partial charge in [0.1, 0.15) is 5.75 Å². The van der Waals surface area contributed by atoms with Crippen LogP contribution in [0.2, 0.25) is 0 Å². The van der Waals surface area contributed by atoms with Crippen molar-refractivity contribution in [2.24, 2.45) is 5.92 Å². The molecule has 0 spiro atoms. The Kier molecular flexibility index (Phi) is 6.72. The van der Waals surface area contributed by atoms with E-state index in [9.17, 15) is 0 Å². The molecule has 3 heteroatoms. The van der Waals surface area contributed by atoms with Crippen molar-refractivity contribution in [1.82, 2.24) is 5.32 Å². The zero-order valence-electron chi connectivity index (χ0n) is 11.8. The first kappa shape index (κ1) is 15.5. The zero-order valence-corrected chi connectivity index (χ0v) is 13.4. The largest absolute Gasteiger partial charge is 0.497 e. The number of benzene rings is 1. The van der Waals surface area contributed by atoms with Gasteiger partial charge >= 0.3 is 0 Å². The van der Waals surface area contributed by atoms with Gasteiger partial charge in [0.15, 0.2) is 0 Å². The van der Waals surface area contributed by atoms with Crippen LogP contribution < -0.4 is 10.1 Å². The van der Waals surface area contributed by atoms with Gasteiger partial charge in [-0.25, -0.2) is 0 Å². The molecule has 0 aliphatic heterocycles. The van der Waals surface area contributed by atoms with Crippen molar-refractivity contribution in [2.75, 3.05) is 14.2 Å². The van der Waals surface area contributed by atoms with Gasteiger partial charge in [-0.05, 0) is 43.1 Å². The van der Waals surface area contributed by atoms with Gasteiger partial charge in [-0.2, -0.15) is 0 Å². The summed E-state index contributed by atoms with van der Waals surface area (Å²) in [5.41, 5.74) is 1.28. The van der Waals surface area contributed by atoms with Crippen LogP contribution in [0.5, 0.6) is 5.75 Å². The Morgan fingerprint density at radius 2 is 2.11 bits per heavy atom. The highest BCUT2D eigenvalue weighted by Crippen LogP contribution is 2.31. The second kappa shape index (κ2) is 7.80. The van der Waals surface area contributed by atoms with Crippen molar-refractivity contribution in [3.05, 3.63) is 28.2 Å². The maximum atomic E-state index is 5.31. The molecule has 2 nitrogen and oxygen atoms in total. The first-order valence-corrected chi connectivity index (χ1v) is 7.42. The quantitative estimate of drug-likeness (QED) is 0.797. The van der Waals surface area contributed by atoms with Crippen molar-refractivity contribution < 1.29 is 4.74 Å². The molecule has 2 atom stereocenters. The van der Waals surface area contributed by atoms with E-state index in [0.29, 0.717) is 6.04 Å². The third kappa shape index (κ3) is 4.29. The van der Waals surface area contributed by atoms with E-state index in [1.54, 1.807) is 7.11 Å². The minimum Gasteiger partial charge on any atom is -0.497 e. The SMILES string of the molecule is CCCC(C)CC(NC)c1cc(OC)ccc1Br. The molecule has 2 unspecified atom stereocenters. The number of nitrogens with one attached hydrogen (secondary N) is 1. The lowest BCUT2D eigenvalue weighted by Gasteiger charge is -2.22. The number of rotatable bonds is 7. The van der Waals surface area contributed by atoms with Crippen LogP contribution in [0, 0.1) is 5.92 Å². The molecular formula is C15H24BrNO. The monoisotopic (exact) mass is 313 g/mol. The smallest absolute Gasteiger partial charge is 0.119 e. The number of ether oxygens (including phenoxy) is 1. The van der Waals surface area contributed by atoms with Gasteiger partial charge in [0, 0.05) is 10.5 Å². The van der Waals surface area contributed by atoms with Crippen LogP contribution in [0.25, 0.3) is 0 Å². The second-order valence-electron chi connectivity index (χ2n) is 4.86. The van der Waals surface area contributed by atoms with E-state index in [2.05, 4.69) is 47.2 Å². The third-order valence-electron chi connectivity index (χ3n) is 3.35. The maximum Gasteiger partial charge on any atom is 0.119 e. The summed E-state index contributed by atoms with van der Waals surface area (Å²) in [6.45, 7) is 4.56. The van der Waals surface area contributed by atoms with Gasteiger partial charge in [-0.15, -0.1) is 0 Å². The number of hydrogen-bond donors (Lipinski definition) is 1. The molecule has 0 fully saturated rings. The second-order valence-corrected chi connectivity index (χ2v) is 5.71. The summed E-state index contributed by atoms with van der Waals surface area (Å²) in [6.07, 6.45) is 3.67. The first-order valence-electron chi connectivity index (χ1n) is 6.63. The van der Waals surface area contributed by atoms with Crippen molar-refractivity contribution in [3.63, 3.8) is 0 Å². The lowest BCUT2D eigenvalue weighted by molar-refractivity contribution is 0.398. The number of halogens is 1. The fourth-order valence-electron chi connectivity index (χ4n) is 2.33. The molecule has 1 rings (SSSR count). The van der Waals surface area contributed by atoms with Crippen LogP contribution in [0.1, 0.15) is 44.7 Å². The van der Waals surface area contributed by atoms with Crippen LogP contribution in [0.15, 0.2) is 22.7 Å². The van der Waals surface area contributed by atoms with E-state index < -0.39 is 0 Å². The van der Waals surface area contributed by atoms with E-state index in [4.69, 9.17) is 4.74 Å². The minimum absolute atomic E-state index is 0.371. The highest BCUT2D eigenvalue weighted by atomic mass is 79.9. The van der Waals surface area contributed by atoms with Crippen LogP contribution in [-0.4, -0.2) is 14.2 Å². The minimum atomic E-state index is 0.371. The highest BCUT2D eigenvalue weighted by molar-refractivity contribution is 9.10. The van der Waals surface area contributed by atoms with E-state index in [0.717, 1.165) is 22.6 Å². The molecule has 1 N–H and O–H groups in total. The molecule has 0 bridgehead atoms. The van der Waals surface area contributed by atoms with Gasteiger partial charge in [-0.1, -0.05) is 42.6 Å². The average molecular weight is 314 g/mol. The topological polar surface area (TPSA) is 21.3 Å². The predicted molar refractivity (Wildman–Crippen MR) is 81.2 cm³/mol. The van der Waals surface area contributed by atoms with Gasteiger partial charge in [0.05, 0.1) is 7.11 Å². The van der Waals surface area contributed by atoms with Gasteiger partial charge in [-0.3, -0.25) is 0 Å². The number of hydrogen-bond acceptors (Lipinski definition) is 2. The van der Waals surface area contributed by atoms with Crippen LogP contribution in [0.4, 0.5) is 0 Å². The summed E-state index contributed by atoms with van der Waals surface area (Å²) in [6, 6.07) is 6.53. The molecule has 0 radical (unpaired) electrons.